The molecule has 6 nitrogen and oxygen atoms in total. The highest BCUT2D eigenvalue weighted by molar-refractivity contribution is 5.76. The Labute approximate surface area is 106 Å². The molecule has 0 saturated carbocycles. The van der Waals surface area contributed by atoms with Crippen molar-refractivity contribution in [2.24, 2.45) is 0 Å². The van der Waals surface area contributed by atoms with Crippen molar-refractivity contribution in [1.29, 1.82) is 0 Å². The monoisotopic (exact) mass is 253 g/mol. The normalized spacial score (nSPS) is 12.9. The summed E-state index contributed by atoms with van der Waals surface area (Å²) in [7, 11) is 1.63. The van der Waals surface area contributed by atoms with E-state index >= 15 is 0 Å². The van der Waals surface area contributed by atoms with Crippen molar-refractivity contribution in [1.82, 2.24) is 0 Å². The first kappa shape index (κ1) is 14.2. The average Bonchev–Trinajstić information content (AvgIpc) is 2.27. The molecule has 0 heterocycles. The van der Waals surface area contributed by atoms with E-state index in [9.17, 15) is 15.2 Å². The van der Waals surface area contributed by atoms with Gasteiger partial charge in [-0.15, -0.1) is 0 Å². The number of hydrogen-bond donors (Lipinski definition) is 3. The Morgan fingerprint density at radius 1 is 1.39 bits per heavy atom. The number of aliphatic hydroxyl groups excluding tert-OH is 1. The highest BCUT2D eigenvalue weighted by Gasteiger charge is 2.28. The van der Waals surface area contributed by atoms with Gasteiger partial charge in [-0.2, -0.15) is 0 Å². The quantitative estimate of drug-likeness (QED) is 0.553. The van der Waals surface area contributed by atoms with Crippen molar-refractivity contribution in [3.05, 3.63) is 28.3 Å². The van der Waals surface area contributed by atoms with Crippen molar-refractivity contribution in [3.63, 3.8) is 0 Å². The number of para-hydroxylation sites is 1. The molecule has 0 radical (unpaired) electrons. The summed E-state index contributed by atoms with van der Waals surface area (Å²) in [5.74, 6) is 0. The van der Waals surface area contributed by atoms with Gasteiger partial charge in [-0.25, -0.2) is 0 Å². The number of hydrogen-bond acceptors (Lipinski definition) is 5. The van der Waals surface area contributed by atoms with Crippen LogP contribution in [0.15, 0.2) is 18.2 Å². The first-order valence-corrected chi connectivity index (χ1v) is 5.71. The fraction of sp³-hybridized carbons (Fsp3) is 0.500. The molecule has 0 fully saturated rings. The van der Waals surface area contributed by atoms with Crippen molar-refractivity contribution >= 4 is 17.1 Å². The molecule has 1 aromatic carbocycles. The zero-order valence-electron chi connectivity index (χ0n) is 11.0. The molecular formula is C12H19N3O3. The van der Waals surface area contributed by atoms with E-state index in [1.165, 1.54) is 0 Å². The minimum Gasteiger partial charge on any atom is -0.391 e. The molecule has 6 heteroatoms. The lowest BCUT2D eigenvalue weighted by molar-refractivity contribution is -0.383. The molecule has 0 aliphatic heterocycles. The van der Waals surface area contributed by atoms with Crippen LogP contribution in [-0.2, 0) is 0 Å². The third kappa shape index (κ3) is 2.89. The summed E-state index contributed by atoms with van der Waals surface area (Å²) in [4.78, 5) is 10.7. The lowest BCUT2D eigenvalue weighted by atomic mass is 9.98. The van der Waals surface area contributed by atoms with E-state index in [4.69, 9.17) is 0 Å². The van der Waals surface area contributed by atoms with E-state index in [-0.39, 0.29) is 5.69 Å². The van der Waals surface area contributed by atoms with Crippen LogP contribution in [0.1, 0.15) is 20.8 Å². The number of nitro groups is 1. The minimum absolute atomic E-state index is 0.0197. The maximum atomic E-state index is 11.1. The summed E-state index contributed by atoms with van der Waals surface area (Å²) in [5, 5.41) is 26.6. The zero-order chi connectivity index (χ0) is 13.9. The second-order valence-corrected chi connectivity index (χ2v) is 4.73. The Kier molecular flexibility index (Phi) is 4.13. The van der Waals surface area contributed by atoms with Crippen LogP contribution in [-0.4, -0.2) is 28.7 Å². The Morgan fingerprint density at radius 2 is 1.94 bits per heavy atom. The van der Waals surface area contributed by atoms with Crippen LogP contribution in [0.2, 0.25) is 0 Å². The predicted octanol–water partition coefficient (Wildman–Crippen LogP) is 2.21. The van der Waals surface area contributed by atoms with E-state index in [1.54, 1.807) is 46.0 Å². The second kappa shape index (κ2) is 5.22. The Bertz CT molecular complexity index is 444. The van der Waals surface area contributed by atoms with Gasteiger partial charge in [0.05, 0.1) is 16.6 Å². The highest BCUT2D eigenvalue weighted by Crippen LogP contribution is 2.34. The van der Waals surface area contributed by atoms with Gasteiger partial charge < -0.3 is 15.7 Å². The predicted molar refractivity (Wildman–Crippen MR) is 72.0 cm³/mol. The van der Waals surface area contributed by atoms with Crippen LogP contribution >= 0.6 is 0 Å². The van der Waals surface area contributed by atoms with Crippen molar-refractivity contribution in [3.8, 4) is 0 Å². The Hall–Kier alpha value is -1.82. The van der Waals surface area contributed by atoms with Gasteiger partial charge in [0.1, 0.15) is 11.4 Å². The molecule has 0 spiro atoms. The van der Waals surface area contributed by atoms with Gasteiger partial charge in [-0.3, -0.25) is 10.1 Å². The third-order valence-corrected chi connectivity index (χ3v) is 2.99. The van der Waals surface area contributed by atoms with Crippen molar-refractivity contribution < 1.29 is 10.0 Å². The van der Waals surface area contributed by atoms with Crippen LogP contribution < -0.4 is 10.6 Å². The molecule has 3 N–H and O–H groups in total. The van der Waals surface area contributed by atoms with Gasteiger partial charge in [0.2, 0.25) is 0 Å². The smallest absolute Gasteiger partial charge is 0.315 e. The molecule has 18 heavy (non-hydrogen) atoms. The molecule has 1 atom stereocenters. The van der Waals surface area contributed by atoms with E-state index in [0.29, 0.717) is 11.4 Å². The molecule has 0 aliphatic rings. The summed E-state index contributed by atoms with van der Waals surface area (Å²) >= 11 is 0. The Balaban J connectivity index is 3.21. The molecule has 1 unspecified atom stereocenters. The first-order chi connectivity index (χ1) is 8.29. The summed E-state index contributed by atoms with van der Waals surface area (Å²) in [6.45, 7) is 5.21. The topological polar surface area (TPSA) is 87.4 Å². The maximum Gasteiger partial charge on any atom is 0.315 e. The standard InChI is InChI=1S/C12H19N3O3/c1-8(16)12(2,3)14-10-7-5-6-9(13-4)11(10)15(17)18/h5-8,13-14,16H,1-4H3. The van der Waals surface area contributed by atoms with Crippen molar-refractivity contribution in [2.75, 3.05) is 17.7 Å². The van der Waals surface area contributed by atoms with Crippen molar-refractivity contribution in [2.45, 2.75) is 32.4 Å². The fourth-order valence-electron chi connectivity index (χ4n) is 1.49. The van der Waals surface area contributed by atoms with E-state index in [1.807, 2.05) is 0 Å². The second-order valence-electron chi connectivity index (χ2n) is 4.73. The maximum absolute atomic E-state index is 11.1. The lowest BCUT2D eigenvalue weighted by Gasteiger charge is -2.30. The van der Waals surface area contributed by atoms with Crippen LogP contribution in [0.3, 0.4) is 0 Å². The fourth-order valence-corrected chi connectivity index (χ4v) is 1.49. The van der Waals surface area contributed by atoms with Gasteiger partial charge in [-0.05, 0) is 32.9 Å². The number of nitrogens with one attached hydrogen (secondary N) is 2. The van der Waals surface area contributed by atoms with Gasteiger partial charge in [-0.1, -0.05) is 6.07 Å². The summed E-state index contributed by atoms with van der Waals surface area (Å²) < 4.78 is 0. The van der Waals surface area contributed by atoms with Gasteiger partial charge in [0, 0.05) is 7.05 Å². The largest absolute Gasteiger partial charge is 0.391 e. The molecular weight excluding hydrogens is 234 g/mol. The third-order valence-electron chi connectivity index (χ3n) is 2.99. The van der Waals surface area contributed by atoms with E-state index < -0.39 is 16.6 Å². The molecule has 0 amide bonds. The molecule has 1 rings (SSSR count). The zero-order valence-corrected chi connectivity index (χ0v) is 11.0. The number of rotatable bonds is 5. The molecule has 0 aromatic heterocycles. The van der Waals surface area contributed by atoms with Crippen LogP contribution in [0.5, 0.6) is 0 Å². The minimum atomic E-state index is -0.656. The Morgan fingerprint density at radius 3 is 2.39 bits per heavy atom. The summed E-state index contributed by atoms with van der Waals surface area (Å²) in [5.41, 5.74) is 0.148. The number of benzene rings is 1. The average molecular weight is 253 g/mol. The number of anilines is 2. The molecule has 100 valence electrons. The van der Waals surface area contributed by atoms with Gasteiger partial charge in [0.15, 0.2) is 0 Å². The number of aliphatic hydroxyl groups is 1. The highest BCUT2D eigenvalue weighted by atomic mass is 16.6. The van der Waals surface area contributed by atoms with E-state index in [0.717, 1.165) is 0 Å². The molecule has 0 saturated heterocycles. The number of nitro benzene ring substituents is 1. The molecule has 1 aromatic rings. The number of nitrogens with zero attached hydrogens (tertiary/aromatic N) is 1. The van der Waals surface area contributed by atoms with Gasteiger partial charge in [0.25, 0.3) is 0 Å². The molecule has 0 bridgehead atoms. The summed E-state index contributed by atoms with van der Waals surface area (Å²) in [6, 6.07) is 4.99. The SMILES string of the molecule is CNc1cccc(NC(C)(C)C(C)O)c1[N+](=O)[O-]. The van der Waals surface area contributed by atoms with Crippen LogP contribution in [0, 0.1) is 10.1 Å². The first-order valence-electron chi connectivity index (χ1n) is 5.71. The molecule has 0 aliphatic carbocycles. The van der Waals surface area contributed by atoms with Gasteiger partial charge >= 0.3 is 5.69 Å². The lowest BCUT2D eigenvalue weighted by Crippen LogP contribution is -2.42. The van der Waals surface area contributed by atoms with E-state index in [2.05, 4.69) is 10.6 Å². The summed E-state index contributed by atoms with van der Waals surface area (Å²) in [6.07, 6.45) is -0.643. The van der Waals surface area contributed by atoms with Crippen LogP contribution in [0.25, 0.3) is 0 Å². The van der Waals surface area contributed by atoms with Crippen LogP contribution in [0.4, 0.5) is 17.1 Å².